The number of fused-ring (bicyclic) bond motifs is 3. The van der Waals surface area contributed by atoms with Crippen LogP contribution in [0.2, 0.25) is 0 Å². The molecule has 0 atom stereocenters. The molecule has 1 N–H and O–H groups in total. The maximum atomic E-state index is 10.8. The lowest BCUT2D eigenvalue weighted by atomic mass is 9.84. The number of rotatable bonds is 3. The summed E-state index contributed by atoms with van der Waals surface area (Å²) < 4.78 is 16.6. The monoisotopic (exact) mass is 216 g/mol. The third kappa shape index (κ3) is 1.75. The van der Waals surface area contributed by atoms with Crippen LogP contribution in [0, 0.1) is 11.3 Å². The van der Waals surface area contributed by atoms with E-state index in [4.69, 9.17) is 19.3 Å². The minimum Gasteiger partial charge on any atom is -0.481 e. The van der Waals surface area contributed by atoms with Gasteiger partial charge in [0.25, 0.3) is 5.97 Å². The Labute approximate surface area is 88.3 Å². The summed E-state index contributed by atoms with van der Waals surface area (Å²) in [7, 11) is 0. The number of hydrogen-bond donors (Lipinski definition) is 1. The highest BCUT2D eigenvalue weighted by Crippen LogP contribution is 2.45. The van der Waals surface area contributed by atoms with Crippen molar-refractivity contribution in [2.45, 2.75) is 26.2 Å². The van der Waals surface area contributed by atoms with E-state index in [1.54, 1.807) is 13.8 Å². The van der Waals surface area contributed by atoms with E-state index in [1.165, 1.54) is 0 Å². The van der Waals surface area contributed by atoms with Crippen LogP contribution in [-0.2, 0) is 19.0 Å². The van der Waals surface area contributed by atoms with Gasteiger partial charge < -0.3 is 19.3 Å². The molecule has 3 aliphatic heterocycles. The molecule has 0 aromatic rings. The summed E-state index contributed by atoms with van der Waals surface area (Å²) in [6.07, 6.45) is -0.0440. The molecule has 0 aromatic carbocycles. The molecule has 0 spiro atoms. The Morgan fingerprint density at radius 1 is 1.33 bits per heavy atom. The summed E-state index contributed by atoms with van der Waals surface area (Å²) in [6.45, 7) is 5.33. The molecule has 0 aromatic heterocycles. The molecule has 5 nitrogen and oxygen atoms in total. The maximum Gasteiger partial charge on any atom is 0.304 e. The Kier molecular flexibility index (Phi) is 2.48. The van der Waals surface area contributed by atoms with Gasteiger partial charge >= 0.3 is 5.97 Å². The number of carboxylic acids is 1. The van der Waals surface area contributed by atoms with Gasteiger partial charge in [0.05, 0.1) is 31.7 Å². The van der Waals surface area contributed by atoms with Crippen molar-refractivity contribution in [1.82, 2.24) is 0 Å². The van der Waals surface area contributed by atoms with Gasteiger partial charge in [-0.3, -0.25) is 4.79 Å². The molecule has 3 fully saturated rings. The summed E-state index contributed by atoms with van der Waals surface area (Å²) in [5.41, 5.74) is -0.690. The van der Waals surface area contributed by atoms with Gasteiger partial charge in [0.2, 0.25) is 0 Å². The number of carbonyl (C=O) groups is 1. The third-order valence-corrected chi connectivity index (χ3v) is 2.95. The van der Waals surface area contributed by atoms with Crippen molar-refractivity contribution in [2.75, 3.05) is 19.8 Å². The van der Waals surface area contributed by atoms with Crippen LogP contribution < -0.4 is 0 Å². The molecule has 2 bridgehead atoms. The predicted molar refractivity (Wildman–Crippen MR) is 50.1 cm³/mol. The van der Waals surface area contributed by atoms with Crippen LogP contribution in [0.15, 0.2) is 0 Å². The van der Waals surface area contributed by atoms with E-state index < -0.39 is 17.4 Å². The first-order valence-corrected chi connectivity index (χ1v) is 5.09. The van der Waals surface area contributed by atoms with E-state index in [-0.39, 0.29) is 12.3 Å². The molecule has 0 radical (unpaired) electrons. The van der Waals surface area contributed by atoms with Crippen molar-refractivity contribution in [3.63, 3.8) is 0 Å². The van der Waals surface area contributed by atoms with Crippen LogP contribution in [0.3, 0.4) is 0 Å². The fourth-order valence-corrected chi connectivity index (χ4v) is 2.02. The van der Waals surface area contributed by atoms with Gasteiger partial charge in [0.1, 0.15) is 0 Å². The first kappa shape index (κ1) is 10.9. The Morgan fingerprint density at radius 3 is 2.20 bits per heavy atom. The van der Waals surface area contributed by atoms with Crippen LogP contribution in [0.1, 0.15) is 20.3 Å². The lowest BCUT2D eigenvalue weighted by Gasteiger charge is -2.52. The van der Waals surface area contributed by atoms with Crippen LogP contribution in [0.25, 0.3) is 0 Å². The Balaban J connectivity index is 2.16. The van der Waals surface area contributed by atoms with Gasteiger partial charge in [0.15, 0.2) is 0 Å². The molecule has 15 heavy (non-hydrogen) atoms. The smallest absolute Gasteiger partial charge is 0.304 e. The number of aliphatic carboxylic acids is 1. The summed E-state index contributed by atoms with van der Waals surface area (Å²) in [5.74, 6) is -1.76. The number of carboxylic acid groups (broad SMARTS) is 1. The second-order valence-electron chi connectivity index (χ2n) is 4.81. The molecular weight excluding hydrogens is 200 g/mol. The summed E-state index contributed by atoms with van der Waals surface area (Å²) in [5, 5.41) is 8.84. The topological polar surface area (TPSA) is 65.0 Å². The van der Waals surface area contributed by atoms with Crippen molar-refractivity contribution in [3.05, 3.63) is 0 Å². The average molecular weight is 216 g/mol. The largest absolute Gasteiger partial charge is 0.481 e. The Bertz CT molecular complexity index is 251. The Morgan fingerprint density at radius 2 is 1.80 bits per heavy atom. The van der Waals surface area contributed by atoms with Crippen molar-refractivity contribution in [2.24, 2.45) is 11.3 Å². The van der Waals surface area contributed by atoms with Crippen molar-refractivity contribution in [1.29, 1.82) is 0 Å². The van der Waals surface area contributed by atoms with Gasteiger partial charge in [-0.1, -0.05) is 13.8 Å². The molecule has 0 aliphatic carbocycles. The fourth-order valence-electron chi connectivity index (χ4n) is 2.02. The lowest BCUT2D eigenvalue weighted by Crippen LogP contribution is -2.61. The van der Waals surface area contributed by atoms with Gasteiger partial charge in [-0.15, -0.1) is 0 Å². The van der Waals surface area contributed by atoms with Crippen LogP contribution in [0.4, 0.5) is 0 Å². The molecule has 3 heterocycles. The predicted octanol–water partition coefficient (Wildman–Crippen LogP) is 0.834. The quantitative estimate of drug-likeness (QED) is 0.757. The minimum atomic E-state index is -1.17. The second kappa shape index (κ2) is 3.43. The zero-order chi connectivity index (χ0) is 11.1. The lowest BCUT2D eigenvalue weighted by molar-refractivity contribution is -0.484. The van der Waals surface area contributed by atoms with Gasteiger partial charge in [-0.05, 0) is 0 Å². The van der Waals surface area contributed by atoms with E-state index in [1.807, 2.05) is 0 Å². The molecule has 86 valence electrons. The van der Waals surface area contributed by atoms with E-state index in [9.17, 15) is 4.79 Å². The number of ether oxygens (including phenoxy) is 3. The van der Waals surface area contributed by atoms with E-state index in [2.05, 4.69) is 0 Å². The molecule has 3 rings (SSSR count). The molecule has 3 aliphatic rings. The minimum absolute atomic E-state index is 0.0440. The van der Waals surface area contributed by atoms with Gasteiger partial charge in [0, 0.05) is 5.92 Å². The molecule has 0 unspecified atom stereocenters. The average Bonchev–Trinajstić information content (AvgIpc) is 2.18. The first-order chi connectivity index (χ1) is 6.95. The summed E-state index contributed by atoms with van der Waals surface area (Å²) in [6, 6.07) is 0. The van der Waals surface area contributed by atoms with Gasteiger partial charge in [-0.2, -0.15) is 0 Å². The highest BCUT2D eigenvalue weighted by atomic mass is 16.9. The highest BCUT2D eigenvalue weighted by molar-refractivity contribution is 5.67. The van der Waals surface area contributed by atoms with Gasteiger partial charge in [-0.25, -0.2) is 0 Å². The first-order valence-electron chi connectivity index (χ1n) is 5.09. The molecular formula is C10H16O5. The zero-order valence-electron chi connectivity index (χ0n) is 8.99. The SMILES string of the molecule is CC(C)(CC(=O)O)C12OCC(CO1)CO2. The van der Waals surface area contributed by atoms with Crippen LogP contribution in [0.5, 0.6) is 0 Å². The molecule has 0 saturated carbocycles. The summed E-state index contributed by atoms with van der Waals surface area (Å²) >= 11 is 0. The van der Waals surface area contributed by atoms with E-state index >= 15 is 0 Å². The number of hydrogen-bond acceptors (Lipinski definition) is 4. The second-order valence-corrected chi connectivity index (χ2v) is 4.81. The fraction of sp³-hybridized carbons (Fsp3) is 0.900. The third-order valence-electron chi connectivity index (χ3n) is 2.95. The van der Waals surface area contributed by atoms with E-state index in [0.717, 1.165) is 0 Å². The maximum absolute atomic E-state index is 10.8. The zero-order valence-corrected chi connectivity index (χ0v) is 8.99. The summed E-state index contributed by atoms with van der Waals surface area (Å²) in [4.78, 5) is 10.8. The molecule has 0 amide bonds. The van der Waals surface area contributed by atoms with Crippen molar-refractivity contribution >= 4 is 5.97 Å². The molecule has 5 heteroatoms. The highest BCUT2D eigenvalue weighted by Gasteiger charge is 2.56. The van der Waals surface area contributed by atoms with E-state index in [0.29, 0.717) is 19.8 Å². The van der Waals surface area contributed by atoms with Crippen molar-refractivity contribution < 1.29 is 24.1 Å². The normalized spacial score (nSPS) is 35.5. The Hall–Kier alpha value is -0.650. The standard InChI is InChI=1S/C10H16O5/c1-9(2,3-8(11)12)10-13-4-7(5-14-10)6-15-10/h7H,3-6H2,1-2H3,(H,11,12). The molecule has 3 saturated heterocycles. The van der Waals surface area contributed by atoms with Crippen LogP contribution >= 0.6 is 0 Å². The van der Waals surface area contributed by atoms with Crippen molar-refractivity contribution in [3.8, 4) is 0 Å². The van der Waals surface area contributed by atoms with Crippen LogP contribution in [-0.4, -0.2) is 36.9 Å².